The molecular formula is C34H48N4O7. The van der Waals surface area contributed by atoms with Crippen LogP contribution in [-0.2, 0) is 32.1 Å². The van der Waals surface area contributed by atoms with E-state index in [2.05, 4.69) is 11.8 Å². The maximum atomic E-state index is 14.1. The van der Waals surface area contributed by atoms with E-state index in [0.29, 0.717) is 12.1 Å². The van der Waals surface area contributed by atoms with E-state index >= 15 is 0 Å². The molecule has 11 nitrogen and oxygen atoms in total. The average molecular weight is 625 g/mol. The molecule has 0 radical (unpaired) electrons. The Morgan fingerprint density at radius 1 is 1.04 bits per heavy atom. The molecule has 0 heterocycles. The third-order valence-electron chi connectivity index (χ3n) is 11.0. The fourth-order valence-electron chi connectivity index (χ4n) is 8.84. The van der Waals surface area contributed by atoms with Gasteiger partial charge in [0.1, 0.15) is 5.75 Å². The van der Waals surface area contributed by atoms with Crippen LogP contribution in [0, 0.1) is 29.6 Å². The average Bonchev–Trinajstić information content (AvgIpc) is 2.97. The van der Waals surface area contributed by atoms with Crippen molar-refractivity contribution in [3.05, 3.63) is 22.8 Å². The number of Topliss-reactive ketones (excluding diaryl/α,β-unsaturated/α-hetero) is 4. The molecule has 4 aliphatic carbocycles. The second-order valence-corrected chi connectivity index (χ2v) is 14.1. The summed E-state index contributed by atoms with van der Waals surface area (Å²) in [6, 6.07) is 0.484. The van der Waals surface area contributed by atoms with E-state index in [4.69, 9.17) is 5.73 Å². The summed E-state index contributed by atoms with van der Waals surface area (Å²) in [5, 5.41) is 23.1. The number of fused-ring (bicyclic) bond motifs is 3. The largest absolute Gasteiger partial charge is 0.507 e. The van der Waals surface area contributed by atoms with Crippen molar-refractivity contribution in [2.45, 2.75) is 76.5 Å². The number of nitrogens with two attached hydrogens (primary N) is 1. The fraction of sp³-hybridized carbons (Fsp3) is 0.676. The zero-order valence-electron chi connectivity index (χ0n) is 27.2. The molecule has 0 saturated heterocycles. The third kappa shape index (κ3) is 5.50. The summed E-state index contributed by atoms with van der Waals surface area (Å²) in [5.74, 6) is -9.57. The van der Waals surface area contributed by atoms with Gasteiger partial charge in [0.05, 0.1) is 17.5 Å². The molecule has 246 valence electrons. The van der Waals surface area contributed by atoms with E-state index in [1.165, 1.54) is 37.0 Å². The lowest BCUT2D eigenvalue weighted by molar-refractivity contribution is -0.181. The van der Waals surface area contributed by atoms with E-state index in [1.807, 2.05) is 19.0 Å². The molecule has 5 rings (SSSR count). The minimum atomic E-state index is -2.73. The molecule has 4 N–H and O–H groups in total. The van der Waals surface area contributed by atoms with Crippen LogP contribution in [0.2, 0.25) is 0 Å². The van der Waals surface area contributed by atoms with Crippen molar-refractivity contribution in [1.82, 2.24) is 9.80 Å². The first-order chi connectivity index (χ1) is 21.2. The van der Waals surface area contributed by atoms with E-state index in [0.717, 1.165) is 36.7 Å². The highest BCUT2D eigenvalue weighted by Gasteiger charge is 2.69. The van der Waals surface area contributed by atoms with Gasteiger partial charge in [0.25, 0.3) is 0 Å². The number of aliphatic hydroxyl groups is 1. The number of likely N-dealkylation sites (N-methyl/N-ethyl adjacent to an activating group) is 1. The summed E-state index contributed by atoms with van der Waals surface area (Å²) < 4.78 is 0. The summed E-state index contributed by atoms with van der Waals surface area (Å²) in [4.78, 5) is 73.1. The van der Waals surface area contributed by atoms with Gasteiger partial charge >= 0.3 is 0 Å². The molecule has 0 spiro atoms. The van der Waals surface area contributed by atoms with Crippen LogP contribution in [0.5, 0.6) is 5.75 Å². The highest BCUT2D eigenvalue weighted by atomic mass is 16.3. The van der Waals surface area contributed by atoms with Gasteiger partial charge in [-0.15, -0.1) is 0 Å². The number of phenols is 1. The van der Waals surface area contributed by atoms with Crippen LogP contribution in [0.4, 0.5) is 5.69 Å². The fourth-order valence-corrected chi connectivity index (χ4v) is 8.84. The SMILES string of the molecule is CCN(CCC1CCCCC1)Cc1cc(O)c2c(c1N(C)C)C[C@H]1C[C@H]3[C@H](N(C)C)C(=O)C(C(N)=O)C(=O)[C@@]3(O)C(=O)C1C2=O. The van der Waals surface area contributed by atoms with Crippen molar-refractivity contribution < 1.29 is 34.2 Å². The number of aromatic hydroxyl groups is 1. The van der Waals surface area contributed by atoms with Crippen molar-refractivity contribution in [2.75, 3.05) is 46.2 Å². The summed E-state index contributed by atoms with van der Waals surface area (Å²) in [6.07, 6.45) is 7.85. The molecular weight excluding hydrogens is 576 g/mol. The van der Waals surface area contributed by atoms with E-state index in [9.17, 15) is 34.2 Å². The van der Waals surface area contributed by atoms with Gasteiger partial charge in [0.15, 0.2) is 34.7 Å². The smallest absolute Gasteiger partial charge is 0.235 e. The molecule has 1 aromatic carbocycles. The second-order valence-electron chi connectivity index (χ2n) is 14.1. The number of ketones is 4. The zero-order valence-corrected chi connectivity index (χ0v) is 27.2. The summed E-state index contributed by atoms with van der Waals surface area (Å²) >= 11 is 0. The van der Waals surface area contributed by atoms with Gasteiger partial charge in [-0.2, -0.15) is 0 Å². The predicted octanol–water partition coefficient (Wildman–Crippen LogP) is 1.73. The lowest BCUT2D eigenvalue weighted by Gasteiger charge is -2.52. The molecule has 3 fully saturated rings. The van der Waals surface area contributed by atoms with E-state index in [1.54, 1.807) is 20.2 Å². The molecule has 0 aromatic heterocycles. The van der Waals surface area contributed by atoms with Gasteiger partial charge in [-0.3, -0.25) is 33.8 Å². The zero-order chi connectivity index (χ0) is 33.0. The number of rotatable bonds is 9. The number of anilines is 1. The molecule has 11 heteroatoms. The van der Waals surface area contributed by atoms with Gasteiger partial charge in [-0.25, -0.2) is 0 Å². The number of hydrogen-bond donors (Lipinski definition) is 3. The summed E-state index contributed by atoms with van der Waals surface area (Å²) in [5.41, 5.74) is 5.04. The molecule has 1 aromatic rings. The lowest BCUT2D eigenvalue weighted by atomic mass is 9.52. The van der Waals surface area contributed by atoms with Crippen molar-refractivity contribution in [2.24, 2.45) is 35.3 Å². The normalized spacial score (nSPS) is 30.4. The quantitative estimate of drug-likeness (QED) is 0.345. The Kier molecular flexibility index (Phi) is 9.28. The van der Waals surface area contributed by atoms with Gasteiger partial charge in [-0.05, 0) is 75.5 Å². The Morgan fingerprint density at radius 2 is 1.71 bits per heavy atom. The van der Waals surface area contributed by atoms with Crippen molar-refractivity contribution in [3.8, 4) is 5.75 Å². The van der Waals surface area contributed by atoms with Crippen molar-refractivity contribution >= 4 is 34.7 Å². The first-order valence-electron chi connectivity index (χ1n) is 16.4. The topological polar surface area (TPSA) is 162 Å². The molecule has 0 aliphatic heterocycles. The van der Waals surface area contributed by atoms with Crippen LogP contribution >= 0.6 is 0 Å². The molecule has 2 unspecified atom stereocenters. The van der Waals surface area contributed by atoms with Gasteiger partial charge in [-0.1, -0.05) is 39.0 Å². The molecule has 0 bridgehead atoms. The van der Waals surface area contributed by atoms with E-state index in [-0.39, 0.29) is 24.2 Å². The standard InChI is InChI=1S/C34H48N4O7/c1-6-38(13-12-18-10-8-7-9-11-18)17-20-16-23(39)25-21(27(20)36(2)3)14-19-15-22-28(37(4)5)30(41)26(33(35)44)32(43)34(22,45)31(42)24(19)29(25)40/h16,18-19,22,24,26,28,39,45H,6-15,17H2,1-5H3,(H2,35,44)/t19-,22-,24?,26?,28-,34-/m0/s1. The predicted molar refractivity (Wildman–Crippen MR) is 168 cm³/mol. The molecule has 1 amide bonds. The summed E-state index contributed by atoms with van der Waals surface area (Å²) in [6.45, 7) is 4.47. The minimum Gasteiger partial charge on any atom is -0.507 e. The molecule has 3 saturated carbocycles. The lowest BCUT2D eigenvalue weighted by Crippen LogP contribution is -2.74. The van der Waals surface area contributed by atoms with Crippen LogP contribution in [0.1, 0.15) is 73.4 Å². The van der Waals surface area contributed by atoms with Crippen LogP contribution in [0.15, 0.2) is 6.07 Å². The Bertz CT molecular complexity index is 1400. The van der Waals surface area contributed by atoms with Crippen LogP contribution in [-0.4, -0.2) is 102 Å². The maximum absolute atomic E-state index is 14.1. The highest BCUT2D eigenvalue weighted by molar-refractivity contribution is 6.32. The number of primary amides is 1. The van der Waals surface area contributed by atoms with Crippen LogP contribution in [0.3, 0.4) is 0 Å². The van der Waals surface area contributed by atoms with Gasteiger partial charge in [0.2, 0.25) is 5.91 Å². The number of hydrogen-bond acceptors (Lipinski definition) is 10. The third-order valence-corrected chi connectivity index (χ3v) is 11.0. The molecule has 45 heavy (non-hydrogen) atoms. The van der Waals surface area contributed by atoms with E-state index < -0.39 is 64.4 Å². The van der Waals surface area contributed by atoms with Crippen molar-refractivity contribution in [1.29, 1.82) is 0 Å². The summed E-state index contributed by atoms with van der Waals surface area (Å²) in [7, 11) is 6.94. The maximum Gasteiger partial charge on any atom is 0.235 e. The Morgan fingerprint density at radius 3 is 2.29 bits per heavy atom. The number of benzene rings is 1. The monoisotopic (exact) mass is 624 g/mol. The van der Waals surface area contributed by atoms with Crippen molar-refractivity contribution in [3.63, 3.8) is 0 Å². The van der Waals surface area contributed by atoms with Crippen LogP contribution < -0.4 is 10.6 Å². The number of nitrogens with zero attached hydrogens (tertiary/aromatic N) is 3. The Hall–Kier alpha value is -3.15. The Balaban J connectivity index is 1.52. The number of phenolic OH excluding ortho intramolecular Hbond substituents is 1. The first kappa shape index (κ1) is 33.2. The second kappa shape index (κ2) is 12.6. The highest BCUT2D eigenvalue weighted by Crippen LogP contribution is 2.52. The van der Waals surface area contributed by atoms with Gasteiger partial charge in [0, 0.05) is 32.2 Å². The number of amides is 1. The number of carbonyl (C=O) groups is 5. The number of carbonyl (C=O) groups excluding carboxylic acids is 5. The molecule has 4 aliphatic rings. The molecule has 6 atom stereocenters. The Labute approximate surface area is 265 Å². The first-order valence-corrected chi connectivity index (χ1v) is 16.4. The van der Waals surface area contributed by atoms with Gasteiger partial charge < -0.3 is 20.8 Å². The van der Waals surface area contributed by atoms with Crippen LogP contribution in [0.25, 0.3) is 0 Å². The minimum absolute atomic E-state index is 0.0271.